The van der Waals surface area contributed by atoms with Gasteiger partial charge in [0.25, 0.3) is 0 Å². The molecule has 82 valence electrons. The van der Waals surface area contributed by atoms with Crippen LogP contribution in [0.3, 0.4) is 0 Å². The molecule has 2 N–H and O–H groups in total. The van der Waals surface area contributed by atoms with E-state index in [0.717, 1.165) is 4.90 Å². The first-order valence-electron chi connectivity index (χ1n) is 4.73. The molecule has 0 saturated carbocycles. The Morgan fingerprint density at radius 2 is 2.20 bits per heavy atom. The molecule has 15 heavy (non-hydrogen) atoms. The highest BCUT2D eigenvalue weighted by Gasteiger charge is 2.01. The Morgan fingerprint density at radius 3 is 2.87 bits per heavy atom. The molecule has 4 nitrogen and oxygen atoms in total. The topological polar surface area (TPSA) is 62.2 Å². The molecule has 0 aliphatic heterocycles. The normalized spacial score (nSPS) is 9.93. The number of pyridine rings is 1. The molecule has 0 unspecified atom stereocenters. The van der Waals surface area contributed by atoms with Gasteiger partial charge >= 0.3 is 0 Å². The van der Waals surface area contributed by atoms with Gasteiger partial charge in [0.05, 0.1) is 5.75 Å². The van der Waals surface area contributed by atoms with Crippen molar-refractivity contribution >= 4 is 17.7 Å². The number of carbonyl (C=O) groups excluding carboxylic acids is 1. The number of nitrogens with zero attached hydrogens (tertiary/aromatic N) is 1. The van der Waals surface area contributed by atoms with Crippen molar-refractivity contribution in [3.63, 3.8) is 0 Å². The Morgan fingerprint density at radius 1 is 1.47 bits per heavy atom. The number of nitrogens with one attached hydrogen (secondary N) is 1. The smallest absolute Gasteiger partial charge is 0.230 e. The fourth-order valence-electron chi connectivity index (χ4n) is 0.941. The van der Waals surface area contributed by atoms with Crippen LogP contribution < -0.4 is 5.32 Å². The maximum atomic E-state index is 11.3. The zero-order valence-electron chi connectivity index (χ0n) is 8.35. The van der Waals surface area contributed by atoms with Crippen molar-refractivity contribution < 1.29 is 9.90 Å². The summed E-state index contributed by atoms with van der Waals surface area (Å²) in [6, 6.07) is 3.73. The van der Waals surface area contributed by atoms with E-state index in [-0.39, 0.29) is 12.5 Å². The molecule has 1 aromatic rings. The van der Waals surface area contributed by atoms with Crippen molar-refractivity contribution in [1.82, 2.24) is 10.3 Å². The lowest BCUT2D eigenvalue weighted by molar-refractivity contribution is -0.118. The third kappa shape index (κ3) is 5.39. The van der Waals surface area contributed by atoms with Gasteiger partial charge in [-0.3, -0.25) is 9.78 Å². The summed E-state index contributed by atoms with van der Waals surface area (Å²) in [5, 5.41) is 11.2. The molecule has 0 radical (unpaired) electrons. The number of rotatable bonds is 6. The van der Waals surface area contributed by atoms with Crippen LogP contribution in [-0.4, -0.2) is 34.9 Å². The van der Waals surface area contributed by atoms with E-state index in [0.29, 0.717) is 18.7 Å². The van der Waals surface area contributed by atoms with Gasteiger partial charge in [-0.2, -0.15) is 0 Å². The third-order valence-corrected chi connectivity index (χ3v) is 2.69. The molecular weight excluding hydrogens is 212 g/mol. The van der Waals surface area contributed by atoms with Crippen molar-refractivity contribution in [3.05, 3.63) is 24.5 Å². The molecule has 0 aliphatic carbocycles. The number of hydrogen-bond acceptors (Lipinski definition) is 4. The lowest BCUT2D eigenvalue weighted by atomic mass is 10.4. The maximum absolute atomic E-state index is 11.3. The van der Waals surface area contributed by atoms with Crippen molar-refractivity contribution in [3.8, 4) is 0 Å². The third-order valence-electron chi connectivity index (χ3n) is 1.68. The number of thioether (sulfide) groups is 1. The van der Waals surface area contributed by atoms with Crippen LogP contribution in [0, 0.1) is 0 Å². The first-order chi connectivity index (χ1) is 7.33. The zero-order valence-corrected chi connectivity index (χ0v) is 9.17. The quantitative estimate of drug-likeness (QED) is 0.553. The monoisotopic (exact) mass is 226 g/mol. The average molecular weight is 226 g/mol. The Labute approximate surface area is 93.1 Å². The highest BCUT2D eigenvalue weighted by Crippen LogP contribution is 2.15. The van der Waals surface area contributed by atoms with E-state index in [1.807, 2.05) is 12.1 Å². The maximum Gasteiger partial charge on any atom is 0.230 e. The van der Waals surface area contributed by atoms with Crippen LogP contribution in [0.2, 0.25) is 0 Å². The molecule has 0 aromatic carbocycles. The van der Waals surface area contributed by atoms with E-state index < -0.39 is 0 Å². The second-order valence-corrected chi connectivity index (χ2v) is 3.95. The molecule has 1 heterocycles. The Kier molecular flexibility index (Phi) is 5.80. The van der Waals surface area contributed by atoms with Gasteiger partial charge in [-0.1, -0.05) is 0 Å². The molecule has 0 bridgehead atoms. The molecule has 0 fully saturated rings. The van der Waals surface area contributed by atoms with E-state index in [2.05, 4.69) is 10.3 Å². The molecular formula is C10H14N2O2S. The highest BCUT2D eigenvalue weighted by atomic mass is 32.2. The summed E-state index contributed by atoms with van der Waals surface area (Å²) in [7, 11) is 0. The van der Waals surface area contributed by atoms with E-state index in [1.54, 1.807) is 12.4 Å². The van der Waals surface area contributed by atoms with Crippen molar-refractivity contribution in [2.24, 2.45) is 0 Å². The SMILES string of the molecule is O=C(CSc1ccncc1)NCCCO. The summed E-state index contributed by atoms with van der Waals surface area (Å²) < 4.78 is 0. The number of carbonyl (C=O) groups is 1. The van der Waals surface area contributed by atoms with Crippen LogP contribution in [0.15, 0.2) is 29.4 Å². The number of aromatic nitrogens is 1. The predicted octanol–water partition coefficient (Wildman–Crippen LogP) is 0.672. The fourth-order valence-corrected chi connectivity index (χ4v) is 1.66. The summed E-state index contributed by atoms with van der Waals surface area (Å²) in [6.07, 6.45) is 4.00. The molecule has 0 atom stereocenters. The molecule has 0 aliphatic rings. The van der Waals surface area contributed by atoms with E-state index in [9.17, 15) is 4.79 Å². The van der Waals surface area contributed by atoms with E-state index in [1.165, 1.54) is 11.8 Å². The summed E-state index contributed by atoms with van der Waals surface area (Å²) >= 11 is 1.47. The van der Waals surface area contributed by atoms with E-state index in [4.69, 9.17) is 5.11 Å². The standard InChI is InChI=1S/C10H14N2O2S/c13-7-1-4-12-10(14)8-15-9-2-5-11-6-3-9/h2-3,5-6,13H,1,4,7-8H2,(H,12,14). The second kappa shape index (κ2) is 7.25. The van der Waals surface area contributed by atoms with Crippen LogP contribution in [0.1, 0.15) is 6.42 Å². The minimum absolute atomic E-state index is 0.00902. The van der Waals surface area contributed by atoms with Crippen molar-refractivity contribution in [2.45, 2.75) is 11.3 Å². The van der Waals surface area contributed by atoms with Gasteiger partial charge in [0.1, 0.15) is 0 Å². The van der Waals surface area contributed by atoms with Gasteiger partial charge < -0.3 is 10.4 Å². The van der Waals surface area contributed by atoms with Crippen LogP contribution in [0.25, 0.3) is 0 Å². The minimum Gasteiger partial charge on any atom is -0.396 e. The minimum atomic E-state index is -0.00902. The Balaban J connectivity index is 2.17. The van der Waals surface area contributed by atoms with Gasteiger partial charge in [0.2, 0.25) is 5.91 Å². The highest BCUT2D eigenvalue weighted by molar-refractivity contribution is 8.00. The Hall–Kier alpha value is -1.07. The molecule has 1 aromatic heterocycles. The lowest BCUT2D eigenvalue weighted by Crippen LogP contribution is -2.26. The van der Waals surface area contributed by atoms with Gasteiger partial charge in [-0.25, -0.2) is 0 Å². The van der Waals surface area contributed by atoms with Gasteiger partial charge in [-0.05, 0) is 18.6 Å². The summed E-state index contributed by atoms with van der Waals surface area (Å²) in [4.78, 5) is 16.2. The number of hydrogen-bond donors (Lipinski definition) is 2. The summed E-state index contributed by atoms with van der Waals surface area (Å²) in [5.74, 6) is 0.389. The molecule has 1 rings (SSSR count). The van der Waals surface area contributed by atoms with Gasteiger partial charge in [-0.15, -0.1) is 11.8 Å². The molecule has 0 saturated heterocycles. The van der Waals surface area contributed by atoms with Crippen LogP contribution in [-0.2, 0) is 4.79 Å². The van der Waals surface area contributed by atoms with Crippen LogP contribution >= 0.6 is 11.8 Å². The first-order valence-corrected chi connectivity index (χ1v) is 5.72. The molecule has 5 heteroatoms. The predicted molar refractivity (Wildman–Crippen MR) is 59.7 cm³/mol. The lowest BCUT2D eigenvalue weighted by Gasteiger charge is -2.03. The molecule has 0 spiro atoms. The van der Waals surface area contributed by atoms with Gasteiger partial charge in [0, 0.05) is 30.4 Å². The Bertz CT molecular complexity index is 293. The first kappa shape index (κ1) is 12.0. The number of aliphatic hydroxyl groups excluding tert-OH is 1. The van der Waals surface area contributed by atoms with Gasteiger partial charge in [0.15, 0.2) is 0 Å². The zero-order chi connectivity index (χ0) is 10.9. The summed E-state index contributed by atoms with van der Waals surface area (Å²) in [6.45, 7) is 0.643. The summed E-state index contributed by atoms with van der Waals surface area (Å²) in [5.41, 5.74) is 0. The van der Waals surface area contributed by atoms with Crippen molar-refractivity contribution in [2.75, 3.05) is 18.9 Å². The average Bonchev–Trinajstić information content (AvgIpc) is 2.28. The van der Waals surface area contributed by atoms with Crippen molar-refractivity contribution in [1.29, 1.82) is 0 Å². The van der Waals surface area contributed by atoms with Crippen LogP contribution in [0.4, 0.5) is 0 Å². The van der Waals surface area contributed by atoms with Crippen LogP contribution in [0.5, 0.6) is 0 Å². The number of amides is 1. The largest absolute Gasteiger partial charge is 0.396 e. The number of aliphatic hydroxyl groups is 1. The second-order valence-electron chi connectivity index (χ2n) is 2.90. The molecule has 1 amide bonds. The van der Waals surface area contributed by atoms with E-state index >= 15 is 0 Å². The fraction of sp³-hybridized carbons (Fsp3) is 0.400.